The van der Waals surface area contributed by atoms with Crippen LogP contribution in [0.2, 0.25) is 0 Å². The molecular weight excluding hydrogens is 335 g/mol. The van der Waals surface area contributed by atoms with Crippen LogP contribution in [0.4, 0.5) is 4.39 Å². The fourth-order valence-electron chi connectivity index (χ4n) is 2.39. The smallest absolute Gasteiger partial charge is 0.127 e. The number of halogens is 2. The second kappa shape index (κ2) is 6.56. The molecule has 3 nitrogen and oxygen atoms in total. The lowest BCUT2D eigenvalue weighted by atomic mass is 9.94. The highest BCUT2D eigenvalue weighted by Gasteiger charge is 2.21. The number of hydrogen-bond donors (Lipinski definition) is 2. The summed E-state index contributed by atoms with van der Waals surface area (Å²) in [5, 5.41) is 0. The number of rotatable bonds is 4. The lowest BCUT2D eigenvalue weighted by Crippen LogP contribution is -2.29. The third kappa shape index (κ3) is 3.10. The van der Waals surface area contributed by atoms with Crippen molar-refractivity contribution < 1.29 is 9.13 Å². The van der Waals surface area contributed by atoms with Gasteiger partial charge in [0.15, 0.2) is 0 Å². The zero-order valence-corrected chi connectivity index (χ0v) is 13.8. The number of nitrogens with two attached hydrogens (primary N) is 1. The first-order valence-electron chi connectivity index (χ1n) is 6.54. The highest BCUT2D eigenvalue weighted by molar-refractivity contribution is 9.10. The zero-order valence-electron chi connectivity index (χ0n) is 12.2. The average Bonchev–Trinajstić information content (AvgIpc) is 2.45. The number of aryl methyl sites for hydroxylation is 1. The Labute approximate surface area is 132 Å². The van der Waals surface area contributed by atoms with E-state index in [-0.39, 0.29) is 11.9 Å². The van der Waals surface area contributed by atoms with Crippen LogP contribution in [0.25, 0.3) is 0 Å². The van der Waals surface area contributed by atoms with E-state index < -0.39 is 0 Å². The maximum absolute atomic E-state index is 13.3. The van der Waals surface area contributed by atoms with Gasteiger partial charge in [-0.1, -0.05) is 34.1 Å². The van der Waals surface area contributed by atoms with Gasteiger partial charge in [-0.3, -0.25) is 5.84 Å². The summed E-state index contributed by atoms with van der Waals surface area (Å²) in [6.07, 6.45) is 0. The molecule has 112 valence electrons. The Balaban J connectivity index is 2.59. The molecule has 0 saturated carbocycles. The van der Waals surface area contributed by atoms with E-state index in [1.165, 1.54) is 12.1 Å². The Morgan fingerprint density at radius 1 is 1.19 bits per heavy atom. The highest BCUT2D eigenvalue weighted by atomic mass is 79.9. The first kappa shape index (κ1) is 15.9. The van der Waals surface area contributed by atoms with Gasteiger partial charge in [-0.15, -0.1) is 0 Å². The van der Waals surface area contributed by atoms with Gasteiger partial charge in [0.05, 0.1) is 13.2 Å². The third-order valence-electron chi connectivity index (χ3n) is 3.66. The predicted octanol–water partition coefficient (Wildman–Crippen LogP) is 3.77. The molecule has 0 aromatic heterocycles. The van der Waals surface area contributed by atoms with E-state index >= 15 is 0 Å². The fourth-order valence-corrected chi connectivity index (χ4v) is 2.97. The second-order valence-electron chi connectivity index (χ2n) is 4.90. The number of ether oxygens (including phenoxy) is 1. The Kier molecular flexibility index (Phi) is 4.98. The zero-order chi connectivity index (χ0) is 15.6. The maximum atomic E-state index is 13.3. The van der Waals surface area contributed by atoms with Gasteiger partial charge < -0.3 is 4.74 Å². The molecular formula is C16H18BrFN2O. The van der Waals surface area contributed by atoms with Crippen LogP contribution in [-0.2, 0) is 0 Å². The van der Waals surface area contributed by atoms with Crippen molar-refractivity contribution in [2.24, 2.45) is 5.84 Å². The summed E-state index contributed by atoms with van der Waals surface area (Å²) in [7, 11) is 1.64. The molecule has 0 aliphatic carbocycles. The Morgan fingerprint density at radius 3 is 2.43 bits per heavy atom. The normalized spacial score (nSPS) is 12.3. The van der Waals surface area contributed by atoms with E-state index in [1.54, 1.807) is 13.2 Å². The molecule has 0 amide bonds. The lowest BCUT2D eigenvalue weighted by molar-refractivity contribution is 0.400. The van der Waals surface area contributed by atoms with Crippen molar-refractivity contribution in [2.45, 2.75) is 19.9 Å². The summed E-state index contributed by atoms with van der Waals surface area (Å²) in [5.74, 6) is 6.22. The molecule has 1 unspecified atom stereocenters. The van der Waals surface area contributed by atoms with Gasteiger partial charge in [0.25, 0.3) is 0 Å². The van der Waals surface area contributed by atoms with Gasteiger partial charge in [0.2, 0.25) is 0 Å². The van der Waals surface area contributed by atoms with Crippen LogP contribution < -0.4 is 16.0 Å². The molecule has 2 aromatic rings. The number of hydrazine groups is 1. The first-order valence-corrected chi connectivity index (χ1v) is 7.34. The van der Waals surface area contributed by atoms with Gasteiger partial charge >= 0.3 is 0 Å². The number of benzene rings is 2. The van der Waals surface area contributed by atoms with Crippen molar-refractivity contribution in [2.75, 3.05) is 7.11 Å². The van der Waals surface area contributed by atoms with E-state index in [2.05, 4.69) is 21.4 Å². The number of nitrogens with one attached hydrogen (secondary N) is 1. The Bertz CT molecular complexity index is 661. The van der Waals surface area contributed by atoms with Crippen molar-refractivity contribution in [3.05, 3.63) is 62.9 Å². The highest BCUT2D eigenvalue weighted by Crippen LogP contribution is 2.36. The first-order chi connectivity index (χ1) is 9.99. The molecule has 0 spiro atoms. The SMILES string of the molecule is COc1c(C(NN)c2ccc(F)cc2Br)ccc(C)c1C. The molecule has 0 fully saturated rings. The van der Waals surface area contributed by atoms with Gasteiger partial charge in [-0.05, 0) is 42.7 Å². The lowest BCUT2D eigenvalue weighted by Gasteiger charge is -2.22. The summed E-state index contributed by atoms with van der Waals surface area (Å²) in [4.78, 5) is 0. The van der Waals surface area contributed by atoms with Crippen molar-refractivity contribution in [1.29, 1.82) is 0 Å². The quantitative estimate of drug-likeness (QED) is 0.650. The Hall–Kier alpha value is -1.43. The molecule has 2 rings (SSSR count). The van der Waals surface area contributed by atoms with Gasteiger partial charge in [-0.25, -0.2) is 9.82 Å². The maximum Gasteiger partial charge on any atom is 0.127 e. The van der Waals surface area contributed by atoms with Crippen LogP contribution in [0.5, 0.6) is 5.75 Å². The topological polar surface area (TPSA) is 47.3 Å². The van der Waals surface area contributed by atoms with E-state index in [4.69, 9.17) is 10.6 Å². The molecule has 0 saturated heterocycles. The van der Waals surface area contributed by atoms with Gasteiger partial charge in [-0.2, -0.15) is 0 Å². The van der Waals surface area contributed by atoms with Gasteiger partial charge in [0.1, 0.15) is 11.6 Å². The van der Waals surface area contributed by atoms with Crippen LogP contribution in [-0.4, -0.2) is 7.11 Å². The standard InChI is InChI=1S/C16H18BrFN2O/c1-9-4-6-13(16(21-3)10(9)2)15(20-19)12-7-5-11(18)8-14(12)17/h4-8,15,20H,19H2,1-3H3. The minimum Gasteiger partial charge on any atom is -0.496 e. The summed E-state index contributed by atoms with van der Waals surface area (Å²) in [6.45, 7) is 4.03. The van der Waals surface area contributed by atoms with Crippen LogP contribution in [0.3, 0.4) is 0 Å². The average molecular weight is 353 g/mol. The van der Waals surface area contributed by atoms with Crippen LogP contribution in [0.15, 0.2) is 34.8 Å². The minimum atomic E-state index is -0.298. The molecule has 0 aliphatic rings. The molecule has 2 aromatic carbocycles. The summed E-state index contributed by atoms with van der Waals surface area (Å²) in [6, 6.07) is 8.24. The van der Waals surface area contributed by atoms with Crippen molar-refractivity contribution in [3.8, 4) is 5.75 Å². The molecule has 3 N–H and O–H groups in total. The molecule has 1 atom stereocenters. The van der Waals surface area contributed by atoms with Crippen molar-refractivity contribution in [1.82, 2.24) is 5.43 Å². The van der Waals surface area contributed by atoms with Crippen LogP contribution >= 0.6 is 15.9 Å². The van der Waals surface area contributed by atoms with E-state index in [9.17, 15) is 4.39 Å². The molecule has 0 aliphatic heterocycles. The minimum absolute atomic E-state index is 0.297. The third-order valence-corrected chi connectivity index (χ3v) is 4.35. The van der Waals surface area contributed by atoms with E-state index in [0.717, 1.165) is 28.0 Å². The molecule has 0 radical (unpaired) electrons. The van der Waals surface area contributed by atoms with Gasteiger partial charge in [0, 0.05) is 10.0 Å². The molecule has 21 heavy (non-hydrogen) atoms. The van der Waals surface area contributed by atoms with Crippen molar-refractivity contribution in [3.63, 3.8) is 0 Å². The van der Waals surface area contributed by atoms with E-state index in [1.807, 2.05) is 26.0 Å². The largest absolute Gasteiger partial charge is 0.496 e. The number of methoxy groups -OCH3 is 1. The second-order valence-corrected chi connectivity index (χ2v) is 5.75. The summed E-state index contributed by atoms with van der Waals surface area (Å²) in [5.41, 5.74) is 6.75. The van der Waals surface area contributed by atoms with Crippen LogP contribution in [0, 0.1) is 19.7 Å². The Morgan fingerprint density at radius 2 is 1.86 bits per heavy atom. The number of hydrogen-bond acceptors (Lipinski definition) is 3. The summed E-state index contributed by atoms with van der Waals surface area (Å²) < 4.78 is 19.5. The molecule has 0 heterocycles. The summed E-state index contributed by atoms with van der Waals surface area (Å²) >= 11 is 3.39. The van der Waals surface area contributed by atoms with E-state index in [0.29, 0.717) is 4.47 Å². The van der Waals surface area contributed by atoms with Crippen molar-refractivity contribution >= 4 is 15.9 Å². The fraction of sp³-hybridized carbons (Fsp3) is 0.250. The predicted molar refractivity (Wildman–Crippen MR) is 85.7 cm³/mol. The van der Waals surface area contributed by atoms with Crippen LogP contribution in [0.1, 0.15) is 28.3 Å². The molecule has 0 bridgehead atoms. The monoisotopic (exact) mass is 352 g/mol. The molecule has 5 heteroatoms.